The van der Waals surface area contributed by atoms with E-state index >= 15 is 0 Å². The van der Waals surface area contributed by atoms with Gasteiger partial charge in [-0.1, -0.05) is 25.5 Å². The van der Waals surface area contributed by atoms with Crippen molar-refractivity contribution in [2.75, 3.05) is 13.7 Å². The molecule has 0 spiro atoms. The molecule has 24 heavy (non-hydrogen) atoms. The normalized spacial score (nSPS) is 12.1. The number of nitrogens with zero attached hydrogens (tertiary/aromatic N) is 1. The van der Waals surface area contributed by atoms with Crippen LogP contribution in [0.1, 0.15) is 19.4 Å². The topological polar surface area (TPSA) is 34.7 Å². The molecule has 0 amide bonds. The average molecular weight is 321 g/mol. The number of hydrogen-bond acceptors (Lipinski definition) is 3. The Morgan fingerprint density at radius 1 is 1.04 bits per heavy atom. The van der Waals surface area contributed by atoms with E-state index in [4.69, 9.17) is 14.1 Å². The molecule has 0 saturated carbocycles. The van der Waals surface area contributed by atoms with E-state index in [1.807, 2.05) is 36.4 Å². The molecule has 0 saturated heterocycles. The van der Waals surface area contributed by atoms with Crippen LogP contribution in [-0.2, 0) is 0 Å². The summed E-state index contributed by atoms with van der Waals surface area (Å²) in [4.78, 5) is 4.81. The van der Waals surface area contributed by atoms with E-state index in [1.54, 1.807) is 7.11 Å². The van der Waals surface area contributed by atoms with Crippen LogP contribution < -0.4 is 10.1 Å². The predicted octanol–water partition coefficient (Wildman–Crippen LogP) is 4.97. The first-order valence-corrected chi connectivity index (χ1v) is 8.26. The molecule has 124 valence electrons. The van der Waals surface area contributed by atoms with Crippen LogP contribution in [0.3, 0.4) is 0 Å². The van der Waals surface area contributed by atoms with Crippen LogP contribution in [0.5, 0.6) is 5.75 Å². The van der Waals surface area contributed by atoms with Gasteiger partial charge in [0, 0.05) is 23.6 Å². The zero-order valence-electron chi connectivity index (χ0n) is 14.7. The van der Waals surface area contributed by atoms with Crippen LogP contribution in [0, 0.1) is 12.8 Å². The summed E-state index contributed by atoms with van der Waals surface area (Å²) in [5, 5.41) is 2.05. The van der Waals surface area contributed by atoms with Crippen molar-refractivity contribution in [2.24, 2.45) is 10.9 Å². The molecule has 0 aliphatic heterocycles. The molecule has 3 heteroatoms. The van der Waals surface area contributed by atoms with Gasteiger partial charge in [-0.25, -0.2) is 0 Å². The van der Waals surface area contributed by atoms with Gasteiger partial charge >= 0.3 is 0 Å². The summed E-state index contributed by atoms with van der Waals surface area (Å²) in [6.45, 7) is 7.24. The van der Waals surface area contributed by atoms with E-state index in [-0.39, 0.29) is 0 Å². The SMILES string of the molecule is COc1ccc(-c2cc(=NCC(C)C)c3cc(C)ccc3o2)cc1. The summed E-state index contributed by atoms with van der Waals surface area (Å²) in [5.74, 6) is 2.17. The van der Waals surface area contributed by atoms with E-state index < -0.39 is 0 Å². The lowest BCUT2D eigenvalue weighted by Gasteiger charge is -2.07. The first kappa shape index (κ1) is 16.3. The van der Waals surface area contributed by atoms with Gasteiger partial charge in [0.2, 0.25) is 0 Å². The Morgan fingerprint density at radius 3 is 2.46 bits per heavy atom. The second-order valence-electron chi connectivity index (χ2n) is 6.46. The molecule has 1 heterocycles. The molecule has 2 aromatic carbocycles. The Hall–Kier alpha value is -2.55. The van der Waals surface area contributed by atoms with Crippen molar-refractivity contribution in [1.29, 1.82) is 0 Å². The van der Waals surface area contributed by atoms with Crippen molar-refractivity contribution in [3.05, 3.63) is 59.5 Å². The van der Waals surface area contributed by atoms with Crippen LogP contribution >= 0.6 is 0 Å². The lowest BCUT2D eigenvalue weighted by molar-refractivity contribution is 0.415. The van der Waals surface area contributed by atoms with Crippen molar-refractivity contribution in [3.63, 3.8) is 0 Å². The van der Waals surface area contributed by atoms with Gasteiger partial charge in [-0.15, -0.1) is 0 Å². The Balaban J connectivity index is 2.18. The van der Waals surface area contributed by atoms with Crippen molar-refractivity contribution < 1.29 is 9.15 Å². The molecule has 3 aromatic rings. The Bertz CT molecular complexity index is 905. The van der Waals surface area contributed by atoms with Gasteiger partial charge in [0.15, 0.2) is 0 Å². The molecule has 0 bridgehead atoms. The average Bonchev–Trinajstić information content (AvgIpc) is 2.59. The lowest BCUT2D eigenvalue weighted by Crippen LogP contribution is -2.07. The van der Waals surface area contributed by atoms with Crippen LogP contribution in [0.2, 0.25) is 0 Å². The van der Waals surface area contributed by atoms with Gasteiger partial charge in [0.25, 0.3) is 0 Å². The summed E-state index contributed by atoms with van der Waals surface area (Å²) >= 11 is 0. The van der Waals surface area contributed by atoms with Crippen LogP contribution in [0.4, 0.5) is 0 Å². The standard InChI is InChI=1S/C21H23NO2/c1-14(2)13-22-19-12-21(16-6-8-17(23-4)9-7-16)24-20-10-5-15(3)11-18(19)20/h5-12,14H,13H2,1-4H3. The Labute approximate surface area is 142 Å². The third-order valence-corrected chi connectivity index (χ3v) is 3.90. The molecule has 0 radical (unpaired) electrons. The predicted molar refractivity (Wildman–Crippen MR) is 98.2 cm³/mol. The summed E-state index contributed by atoms with van der Waals surface area (Å²) in [6.07, 6.45) is 0. The second-order valence-corrected chi connectivity index (χ2v) is 6.46. The minimum atomic E-state index is 0.520. The molecule has 0 fully saturated rings. The largest absolute Gasteiger partial charge is 0.497 e. The number of ether oxygens (including phenoxy) is 1. The molecular weight excluding hydrogens is 298 g/mol. The van der Waals surface area contributed by atoms with Gasteiger partial charge < -0.3 is 9.15 Å². The monoisotopic (exact) mass is 321 g/mol. The first-order chi connectivity index (χ1) is 11.6. The number of hydrogen-bond donors (Lipinski definition) is 0. The Kier molecular flexibility index (Phi) is 4.70. The maximum absolute atomic E-state index is 6.12. The van der Waals surface area contributed by atoms with Crippen molar-refractivity contribution in [2.45, 2.75) is 20.8 Å². The fourth-order valence-corrected chi connectivity index (χ4v) is 2.59. The minimum absolute atomic E-state index is 0.520. The summed E-state index contributed by atoms with van der Waals surface area (Å²) < 4.78 is 11.4. The van der Waals surface area contributed by atoms with Crippen molar-refractivity contribution >= 4 is 11.0 Å². The van der Waals surface area contributed by atoms with E-state index in [9.17, 15) is 0 Å². The minimum Gasteiger partial charge on any atom is -0.497 e. The molecule has 0 atom stereocenters. The first-order valence-electron chi connectivity index (χ1n) is 8.26. The van der Waals surface area contributed by atoms with Crippen LogP contribution in [0.25, 0.3) is 22.3 Å². The summed E-state index contributed by atoms with van der Waals surface area (Å²) in [6, 6.07) is 16.1. The third kappa shape index (κ3) is 3.51. The van der Waals surface area contributed by atoms with Gasteiger partial charge in [-0.2, -0.15) is 0 Å². The van der Waals surface area contributed by atoms with E-state index in [1.165, 1.54) is 5.56 Å². The zero-order chi connectivity index (χ0) is 17.1. The van der Waals surface area contributed by atoms with Gasteiger partial charge in [0.1, 0.15) is 17.1 Å². The number of benzene rings is 2. The highest BCUT2D eigenvalue weighted by molar-refractivity contribution is 5.79. The van der Waals surface area contributed by atoms with Crippen molar-refractivity contribution in [3.8, 4) is 17.1 Å². The van der Waals surface area contributed by atoms with E-state index in [0.29, 0.717) is 5.92 Å². The number of aryl methyl sites for hydroxylation is 1. The molecule has 1 aromatic heterocycles. The fraction of sp³-hybridized carbons (Fsp3) is 0.286. The summed E-state index contributed by atoms with van der Waals surface area (Å²) in [7, 11) is 1.67. The molecular formula is C21H23NO2. The van der Waals surface area contributed by atoms with Gasteiger partial charge in [0.05, 0.1) is 12.5 Å². The van der Waals surface area contributed by atoms with E-state index in [2.05, 4.69) is 32.9 Å². The highest BCUT2D eigenvalue weighted by Crippen LogP contribution is 2.24. The maximum atomic E-state index is 6.12. The summed E-state index contributed by atoms with van der Waals surface area (Å²) in [5.41, 5.74) is 3.08. The number of fused-ring (bicyclic) bond motifs is 1. The van der Waals surface area contributed by atoms with Crippen LogP contribution in [0.15, 0.2) is 57.9 Å². The van der Waals surface area contributed by atoms with Gasteiger partial charge in [-0.05, 0) is 49.2 Å². The van der Waals surface area contributed by atoms with Crippen LogP contribution in [-0.4, -0.2) is 13.7 Å². The number of rotatable bonds is 4. The molecule has 0 aliphatic rings. The zero-order valence-corrected chi connectivity index (χ0v) is 14.7. The molecule has 3 rings (SSSR count). The maximum Gasteiger partial charge on any atom is 0.136 e. The molecule has 0 N–H and O–H groups in total. The quantitative estimate of drug-likeness (QED) is 0.679. The highest BCUT2D eigenvalue weighted by atomic mass is 16.5. The van der Waals surface area contributed by atoms with Gasteiger partial charge in [-0.3, -0.25) is 4.99 Å². The number of methoxy groups -OCH3 is 1. The molecule has 3 nitrogen and oxygen atoms in total. The smallest absolute Gasteiger partial charge is 0.136 e. The highest BCUT2D eigenvalue weighted by Gasteiger charge is 2.07. The third-order valence-electron chi connectivity index (χ3n) is 3.90. The lowest BCUT2D eigenvalue weighted by atomic mass is 10.1. The van der Waals surface area contributed by atoms with E-state index in [0.717, 1.165) is 39.9 Å². The second kappa shape index (κ2) is 6.91. The fourth-order valence-electron chi connectivity index (χ4n) is 2.59. The molecule has 0 aliphatic carbocycles. The Morgan fingerprint density at radius 2 is 1.79 bits per heavy atom. The molecule has 0 unspecified atom stereocenters. The van der Waals surface area contributed by atoms with Crippen molar-refractivity contribution in [1.82, 2.24) is 0 Å².